The summed E-state index contributed by atoms with van der Waals surface area (Å²) in [4.78, 5) is 0. The first-order valence-corrected chi connectivity index (χ1v) is 6.94. The van der Waals surface area contributed by atoms with Crippen molar-refractivity contribution in [2.45, 2.75) is 38.5 Å². The van der Waals surface area contributed by atoms with Crippen molar-refractivity contribution in [2.75, 3.05) is 0 Å². The molecule has 1 aromatic carbocycles. The molecule has 0 nitrogen and oxygen atoms in total. The number of rotatable bonds is 1. The molecule has 0 bridgehead atoms. The summed E-state index contributed by atoms with van der Waals surface area (Å²) in [6, 6.07) is 9.51. The van der Waals surface area contributed by atoms with Gasteiger partial charge in [-0.1, -0.05) is 42.5 Å². The SMILES string of the molecule is F/C(=C1/CCCC12C=CCCC2)c1ccccc1. The van der Waals surface area contributed by atoms with E-state index in [1.165, 1.54) is 6.42 Å². The second kappa shape index (κ2) is 4.72. The lowest BCUT2D eigenvalue weighted by Crippen LogP contribution is -2.18. The summed E-state index contributed by atoms with van der Waals surface area (Å²) in [7, 11) is 0. The van der Waals surface area contributed by atoms with Crippen LogP contribution in [0.5, 0.6) is 0 Å². The van der Waals surface area contributed by atoms with E-state index in [2.05, 4.69) is 12.2 Å². The summed E-state index contributed by atoms with van der Waals surface area (Å²) in [5, 5.41) is 0. The van der Waals surface area contributed by atoms with Crippen LogP contribution in [0.3, 0.4) is 0 Å². The van der Waals surface area contributed by atoms with Crippen molar-refractivity contribution < 1.29 is 4.39 Å². The molecule has 0 heterocycles. The number of benzene rings is 1. The number of allylic oxidation sites excluding steroid dienone is 3. The highest BCUT2D eigenvalue weighted by atomic mass is 19.1. The first-order chi connectivity index (χ1) is 8.82. The van der Waals surface area contributed by atoms with E-state index in [-0.39, 0.29) is 11.2 Å². The molecule has 0 aliphatic heterocycles. The van der Waals surface area contributed by atoms with Gasteiger partial charge < -0.3 is 0 Å². The summed E-state index contributed by atoms with van der Waals surface area (Å²) in [6.45, 7) is 0. The zero-order chi connectivity index (χ0) is 12.4. The molecular formula is C17H19F. The Kier molecular flexibility index (Phi) is 3.07. The molecule has 2 aliphatic carbocycles. The smallest absolute Gasteiger partial charge is 0.130 e. The Balaban J connectivity index is 2.04. The van der Waals surface area contributed by atoms with Crippen molar-refractivity contribution in [2.24, 2.45) is 5.41 Å². The van der Waals surface area contributed by atoms with Gasteiger partial charge in [-0.05, 0) is 44.1 Å². The molecule has 1 unspecified atom stereocenters. The molecule has 2 aliphatic rings. The van der Waals surface area contributed by atoms with Gasteiger partial charge in [0.05, 0.1) is 0 Å². The number of hydrogen-bond donors (Lipinski definition) is 0. The van der Waals surface area contributed by atoms with Crippen molar-refractivity contribution in [1.82, 2.24) is 0 Å². The molecule has 94 valence electrons. The minimum absolute atomic E-state index is 0.0275. The lowest BCUT2D eigenvalue weighted by molar-refractivity contribution is 0.400. The molecule has 1 saturated carbocycles. The Labute approximate surface area is 108 Å². The molecule has 3 rings (SSSR count). The van der Waals surface area contributed by atoms with E-state index in [0.717, 1.165) is 43.2 Å². The molecule has 18 heavy (non-hydrogen) atoms. The Bertz CT molecular complexity index is 484. The van der Waals surface area contributed by atoms with Crippen LogP contribution >= 0.6 is 0 Å². The van der Waals surface area contributed by atoms with Gasteiger partial charge in [-0.25, -0.2) is 4.39 Å². The van der Waals surface area contributed by atoms with Crippen molar-refractivity contribution in [3.63, 3.8) is 0 Å². The zero-order valence-corrected chi connectivity index (χ0v) is 10.7. The maximum Gasteiger partial charge on any atom is 0.130 e. The Morgan fingerprint density at radius 3 is 2.56 bits per heavy atom. The highest BCUT2D eigenvalue weighted by Crippen LogP contribution is 2.52. The first-order valence-electron chi connectivity index (χ1n) is 6.94. The second-order valence-corrected chi connectivity index (χ2v) is 5.46. The van der Waals surface area contributed by atoms with Crippen LogP contribution in [0.4, 0.5) is 4.39 Å². The minimum Gasteiger partial charge on any atom is -0.206 e. The summed E-state index contributed by atoms with van der Waals surface area (Å²) in [5.74, 6) is 0.0275. The van der Waals surface area contributed by atoms with E-state index in [1.807, 2.05) is 30.3 Å². The lowest BCUT2D eigenvalue weighted by Gasteiger charge is -2.30. The number of hydrogen-bond acceptors (Lipinski definition) is 0. The topological polar surface area (TPSA) is 0 Å². The van der Waals surface area contributed by atoms with Gasteiger partial charge in [0, 0.05) is 11.0 Å². The molecule has 0 amide bonds. The van der Waals surface area contributed by atoms with Crippen molar-refractivity contribution in [3.8, 4) is 0 Å². The molecule has 1 spiro atoms. The average molecular weight is 242 g/mol. The monoisotopic (exact) mass is 242 g/mol. The molecular weight excluding hydrogens is 223 g/mol. The van der Waals surface area contributed by atoms with Gasteiger partial charge in [-0.3, -0.25) is 0 Å². The van der Waals surface area contributed by atoms with Crippen LogP contribution in [0.15, 0.2) is 48.1 Å². The fraction of sp³-hybridized carbons (Fsp3) is 0.412. The van der Waals surface area contributed by atoms with E-state index in [9.17, 15) is 4.39 Å². The third-order valence-electron chi connectivity index (χ3n) is 4.37. The average Bonchev–Trinajstić information content (AvgIpc) is 2.83. The summed E-state index contributed by atoms with van der Waals surface area (Å²) in [6.07, 6.45) is 11.2. The van der Waals surface area contributed by atoms with Crippen LogP contribution in [0.1, 0.15) is 44.1 Å². The van der Waals surface area contributed by atoms with Crippen molar-refractivity contribution >= 4 is 5.83 Å². The van der Waals surface area contributed by atoms with Gasteiger partial charge in [-0.2, -0.15) is 0 Å². The molecule has 0 N–H and O–H groups in total. The Morgan fingerprint density at radius 2 is 1.83 bits per heavy atom. The van der Waals surface area contributed by atoms with Crippen LogP contribution in [0.25, 0.3) is 5.83 Å². The molecule has 0 aromatic heterocycles. The molecule has 0 radical (unpaired) electrons. The third-order valence-corrected chi connectivity index (χ3v) is 4.37. The van der Waals surface area contributed by atoms with Gasteiger partial charge in [0.15, 0.2) is 0 Å². The second-order valence-electron chi connectivity index (χ2n) is 5.46. The Morgan fingerprint density at radius 1 is 1.06 bits per heavy atom. The molecule has 0 saturated heterocycles. The largest absolute Gasteiger partial charge is 0.206 e. The van der Waals surface area contributed by atoms with Crippen LogP contribution in [0.2, 0.25) is 0 Å². The first kappa shape index (κ1) is 11.7. The van der Waals surface area contributed by atoms with Crippen LogP contribution in [-0.2, 0) is 0 Å². The van der Waals surface area contributed by atoms with Gasteiger partial charge >= 0.3 is 0 Å². The molecule has 1 aromatic rings. The normalized spacial score (nSPS) is 29.8. The highest BCUT2D eigenvalue weighted by molar-refractivity contribution is 5.65. The minimum atomic E-state index is 0.0275. The van der Waals surface area contributed by atoms with Crippen LogP contribution in [-0.4, -0.2) is 0 Å². The van der Waals surface area contributed by atoms with Gasteiger partial charge in [0.2, 0.25) is 0 Å². The third kappa shape index (κ3) is 1.92. The van der Waals surface area contributed by atoms with E-state index in [0.29, 0.717) is 0 Å². The number of halogens is 1. The molecule has 1 fully saturated rings. The molecule has 1 heteroatoms. The fourth-order valence-corrected chi connectivity index (χ4v) is 3.45. The highest BCUT2D eigenvalue weighted by Gasteiger charge is 2.39. The predicted octanol–water partition coefficient (Wildman–Crippen LogP) is 5.28. The zero-order valence-electron chi connectivity index (χ0n) is 10.7. The maximum atomic E-state index is 14.7. The summed E-state index contributed by atoms with van der Waals surface area (Å²) >= 11 is 0. The van der Waals surface area contributed by atoms with Crippen molar-refractivity contribution in [3.05, 3.63) is 53.6 Å². The molecule has 1 atom stereocenters. The quantitative estimate of drug-likeness (QED) is 0.588. The van der Waals surface area contributed by atoms with Crippen LogP contribution in [0, 0.1) is 5.41 Å². The van der Waals surface area contributed by atoms with Crippen LogP contribution < -0.4 is 0 Å². The standard InChI is InChI=1S/C17H19F/c18-16(14-8-3-1-4-9-14)15-10-7-13-17(15)11-5-2-6-12-17/h1,3-5,8-9,11H,2,6-7,10,12-13H2/b16-15-. The summed E-state index contributed by atoms with van der Waals surface area (Å²) < 4.78 is 14.7. The van der Waals surface area contributed by atoms with Gasteiger partial charge in [0.25, 0.3) is 0 Å². The van der Waals surface area contributed by atoms with E-state index in [1.54, 1.807) is 0 Å². The Hall–Kier alpha value is -1.37. The van der Waals surface area contributed by atoms with Crippen molar-refractivity contribution in [1.29, 1.82) is 0 Å². The predicted molar refractivity (Wildman–Crippen MR) is 73.7 cm³/mol. The van der Waals surface area contributed by atoms with Gasteiger partial charge in [0.1, 0.15) is 5.83 Å². The van der Waals surface area contributed by atoms with E-state index >= 15 is 0 Å². The van der Waals surface area contributed by atoms with Gasteiger partial charge in [-0.15, -0.1) is 0 Å². The summed E-state index contributed by atoms with van der Waals surface area (Å²) in [5.41, 5.74) is 1.83. The fourth-order valence-electron chi connectivity index (χ4n) is 3.45. The van der Waals surface area contributed by atoms with E-state index < -0.39 is 0 Å². The lowest BCUT2D eigenvalue weighted by atomic mass is 9.74. The maximum absolute atomic E-state index is 14.7. The van der Waals surface area contributed by atoms with E-state index in [4.69, 9.17) is 0 Å².